The minimum absolute atomic E-state index is 0.00517. The van der Waals surface area contributed by atoms with E-state index in [2.05, 4.69) is 11.9 Å². The van der Waals surface area contributed by atoms with E-state index in [1.165, 1.54) is 0 Å². The minimum Gasteiger partial charge on any atom is -0.458 e. The van der Waals surface area contributed by atoms with Gasteiger partial charge in [0.15, 0.2) is 0 Å². The van der Waals surface area contributed by atoms with E-state index in [1.807, 2.05) is 12.1 Å². The van der Waals surface area contributed by atoms with Gasteiger partial charge in [-0.05, 0) is 24.0 Å². The fourth-order valence-electron chi connectivity index (χ4n) is 4.48. The van der Waals surface area contributed by atoms with Crippen molar-refractivity contribution >= 4 is 18.0 Å². The Labute approximate surface area is 155 Å². The zero-order valence-corrected chi connectivity index (χ0v) is 14.7. The molecule has 0 radical (unpaired) electrons. The SMILES string of the molecule is C=Cc1ccc(CNCC(F)(F)C(=O)OC2C3CC4C(=O)OC2C4C3)cc1. The number of fused-ring (bicyclic) bond motifs is 1. The molecule has 2 aliphatic carbocycles. The van der Waals surface area contributed by atoms with Crippen molar-refractivity contribution in [2.45, 2.75) is 37.5 Å². The zero-order valence-electron chi connectivity index (χ0n) is 14.7. The molecule has 7 heteroatoms. The van der Waals surface area contributed by atoms with Crippen molar-refractivity contribution in [2.75, 3.05) is 6.54 Å². The third-order valence-corrected chi connectivity index (χ3v) is 5.85. The quantitative estimate of drug-likeness (QED) is 0.740. The smallest absolute Gasteiger partial charge is 0.378 e. The van der Waals surface area contributed by atoms with Gasteiger partial charge < -0.3 is 14.8 Å². The Morgan fingerprint density at radius 2 is 2.07 bits per heavy atom. The summed E-state index contributed by atoms with van der Waals surface area (Å²) in [6.45, 7) is 3.04. The third-order valence-electron chi connectivity index (χ3n) is 5.85. The second-order valence-electron chi connectivity index (χ2n) is 7.53. The Balaban J connectivity index is 1.30. The molecule has 1 aromatic carbocycles. The summed E-state index contributed by atoms with van der Waals surface area (Å²) >= 11 is 0. The maximum absolute atomic E-state index is 14.2. The Morgan fingerprint density at radius 1 is 1.33 bits per heavy atom. The first kappa shape index (κ1) is 18.1. The van der Waals surface area contributed by atoms with Gasteiger partial charge in [-0.3, -0.25) is 4.79 Å². The molecule has 1 aliphatic heterocycles. The fraction of sp³-hybridized carbons (Fsp3) is 0.500. The standard InChI is InChI=1S/C20H21F2NO4/c1-2-11-3-5-12(6-4-11)9-23-10-20(21,22)19(25)27-16-13-7-14-15(8-13)18(24)26-17(14)16/h2-6,13-17,23H,1,7-10H2. The third kappa shape index (κ3) is 3.25. The number of alkyl halides is 2. The average Bonchev–Trinajstić information content (AvgIpc) is 3.27. The van der Waals surface area contributed by atoms with Gasteiger partial charge in [0, 0.05) is 18.4 Å². The molecule has 5 atom stereocenters. The summed E-state index contributed by atoms with van der Waals surface area (Å²) in [7, 11) is 0. The van der Waals surface area contributed by atoms with Gasteiger partial charge in [0.2, 0.25) is 0 Å². The van der Waals surface area contributed by atoms with E-state index < -0.39 is 30.6 Å². The Bertz CT molecular complexity index is 764. The average molecular weight is 377 g/mol. The van der Waals surface area contributed by atoms with Crippen molar-refractivity contribution in [1.82, 2.24) is 5.32 Å². The lowest BCUT2D eigenvalue weighted by molar-refractivity contribution is -0.185. The maximum Gasteiger partial charge on any atom is 0.378 e. The second kappa shape index (κ2) is 6.71. The highest BCUT2D eigenvalue weighted by Crippen LogP contribution is 2.55. The number of hydrogen-bond donors (Lipinski definition) is 1. The molecule has 0 aromatic heterocycles. The van der Waals surface area contributed by atoms with E-state index in [9.17, 15) is 18.4 Å². The van der Waals surface area contributed by atoms with Crippen molar-refractivity contribution in [3.63, 3.8) is 0 Å². The van der Waals surface area contributed by atoms with Crippen LogP contribution < -0.4 is 5.32 Å². The molecular weight excluding hydrogens is 356 g/mol. The van der Waals surface area contributed by atoms with Gasteiger partial charge in [-0.1, -0.05) is 36.9 Å². The Morgan fingerprint density at radius 3 is 2.78 bits per heavy atom. The number of carbonyl (C=O) groups excluding carboxylic acids is 2. The Hall–Kier alpha value is -2.28. The molecule has 1 N–H and O–H groups in total. The lowest BCUT2D eigenvalue weighted by atomic mass is 9.88. The summed E-state index contributed by atoms with van der Waals surface area (Å²) in [6, 6.07) is 7.28. The van der Waals surface area contributed by atoms with E-state index in [4.69, 9.17) is 9.47 Å². The maximum atomic E-state index is 14.2. The largest absolute Gasteiger partial charge is 0.458 e. The lowest BCUT2D eigenvalue weighted by Gasteiger charge is -2.27. The number of benzene rings is 1. The molecule has 4 rings (SSSR count). The molecule has 0 amide bonds. The summed E-state index contributed by atoms with van der Waals surface area (Å²) in [5, 5.41) is 2.60. The number of rotatable bonds is 7. The van der Waals surface area contributed by atoms with E-state index in [0.717, 1.165) is 11.1 Å². The molecule has 3 aliphatic rings. The van der Waals surface area contributed by atoms with Crippen molar-refractivity contribution < 1.29 is 27.8 Å². The van der Waals surface area contributed by atoms with Gasteiger partial charge in [0.05, 0.1) is 12.5 Å². The predicted octanol–water partition coefficient (Wildman–Crippen LogP) is 2.55. The summed E-state index contributed by atoms with van der Waals surface area (Å²) < 4.78 is 38.7. The summed E-state index contributed by atoms with van der Waals surface area (Å²) in [5.41, 5.74) is 1.76. The molecular formula is C20H21F2NO4. The first-order valence-electron chi connectivity index (χ1n) is 9.10. The molecule has 27 heavy (non-hydrogen) atoms. The lowest BCUT2D eigenvalue weighted by Crippen LogP contribution is -2.45. The highest BCUT2D eigenvalue weighted by atomic mass is 19.3. The van der Waals surface area contributed by atoms with Gasteiger partial charge in [0.1, 0.15) is 12.2 Å². The van der Waals surface area contributed by atoms with Crippen LogP contribution in [0, 0.1) is 17.8 Å². The monoisotopic (exact) mass is 377 g/mol. The summed E-state index contributed by atoms with van der Waals surface area (Å²) in [4.78, 5) is 23.7. The van der Waals surface area contributed by atoms with Crippen LogP contribution in [0.1, 0.15) is 24.0 Å². The van der Waals surface area contributed by atoms with Crippen LogP contribution >= 0.6 is 0 Å². The van der Waals surface area contributed by atoms with Crippen LogP contribution in [0.15, 0.2) is 30.8 Å². The summed E-state index contributed by atoms with van der Waals surface area (Å²) in [6.07, 6.45) is 1.65. The van der Waals surface area contributed by atoms with Crippen molar-refractivity contribution in [1.29, 1.82) is 0 Å². The molecule has 2 bridgehead atoms. The van der Waals surface area contributed by atoms with E-state index in [1.54, 1.807) is 18.2 Å². The molecule has 144 valence electrons. The number of hydrogen-bond acceptors (Lipinski definition) is 5. The molecule has 3 fully saturated rings. The van der Waals surface area contributed by atoms with Gasteiger partial charge in [-0.15, -0.1) is 0 Å². The number of esters is 2. The molecule has 0 spiro atoms. The van der Waals surface area contributed by atoms with Crippen LogP contribution in [0.2, 0.25) is 0 Å². The molecule has 5 unspecified atom stereocenters. The van der Waals surface area contributed by atoms with Gasteiger partial charge in [0.25, 0.3) is 0 Å². The molecule has 1 aromatic rings. The van der Waals surface area contributed by atoms with E-state index in [-0.39, 0.29) is 30.3 Å². The molecule has 1 heterocycles. The van der Waals surface area contributed by atoms with Crippen molar-refractivity contribution in [3.05, 3.63) is 42.0 Å². The topological polar surface area (TPSA) is 64.6 Å². The van der Waals surface area contributed by atoms with Gasteiger partial charge in [-0.2, -0.15) is 8.78 Å². The first-order valence-corrected chi connectivity index (χ1v) is 9.10. The molecule has 1 saturated heterocycles. The molecule has 2 saturated carbocycles. The van der Waals surface area contributed by atoms with Gasteiger partial charge >= 0.3 is 17.9 Å². The van der Waals surface area contributed by atoms with E-state index in [0.29, 0.717) is 12.8 Å². The first-order chi connectivity index (χ1) is 12.9. The fourth-order valence-corrected chi connectivity index (χ4v) is 4.48. The van der Waals surface area contributed by atoms with Crippen LogP contribution in [0.4, 0.5) is 8.78 Å². The normalized spacial score (nSPS) is 31.0. The predicted molar refractivity (Wildman–Crippen MR) is 92.7 cm³/mol. The van der Waals surface area contributed by atoms with Crippen molar-refractivity contribution in [2.24, 2.45) is 17.8 Å². The van der Waals surface area contributed by atoms with Crippen LogP contribution in [-0.4, -0.2) is 36.6 Å². The number of ether oxygens (including phenoxy) is 2. The van der Waals surface area contributed by atoms with Crippen molar-refractivity contribution in [3.8, 4) is 0 Å². The Kier molecular flexibility index (Phi) is 4.50. The highest BCUT2D eigenvalue weighted by molar-refractivity contribution is 5.79. The number of nitrogens with one attached hydrogen (secondary N) is 1. The zero-order chi connectivity index (χ0) is 19.2. The van der Waals surface area contributed by atoms with Gasteiger partial charge in [-0.25, -0.2) is 4.79 Å². The number of halogens is 2. The summed E-state index contributed by atoms with van der Waals surface area (Å²) in [5.74, 6) is -5.70. The van der Waals surface area contributed by atoms with E-state index >= 15 is 0 Å². The van der Waals surface area contributed by atoms with Crippen LogP contribution in [0.5, 0.6) is 0 Å². The van der Waals surface area contributed by atoms with Crippen LogP contribution in [-0.2, 0) is 25.6 Å². The molecule has 5 nitrogen and oxygen atoms in total. The van der Waals surface area contributed by atoms with Crippen LogP contribution in [0.25, 0.3) is 6.08 Å². The highest BCUT2D eigenvalue weighted by Gasteiger charge is 2.64. The number of carbonyl (C=O) groups is 2. The van der Waals surface area contributed by atoms with Crippen LogP contribution in [0.3, 0.4) is 0 Å². The minimum atomic E-state index is -3.65. The second-order valence-corrected chi connectivity index (χ2v) is 7.53.